The fraction of sp³-hybridized carbons (Fsp3) is 0.923. The number of esters is 1. The van der Waals surface area contributed by atoms with Crippen molar-refractivity contribution in [2.24, 2.45) is 5.92 Å². The molecular formula is C13H23NO3. The van der Waals surface area contributed by atoms with Crippen LogP contribution in [0.25, 0.3) is 0 Å². The molecule has 1 heterocycles. The molecule has 0 aromatic carbocycles. The van der Waals surface area contributed by atoms with Crippen LogP contribution in [0.3, 0.4) is 0 Å². The van der Waals surface area contributed by atoms with Crippen molar-refractivity contribution >= 4 is 5.97 Å². The minimum atomic E-state index is -0.0274. The van der Waals surface area contributed by atoms with Crippen molar-refractivity contribution < 1.29 is 14.3 Å². The summed E-state index contributed by atoms with van der Waals surface area (Å²) in [4.78, 5) is 11.8. The van der Waals surface area contributed by atoms with Crippen LogP contribution in [0.5, 0.6) is 0 Å². The second-order valence-electron chi connectivity index (χ2n) is 5.20. The highest BCUT2D eigenvalue weighted by atomic mass is 16.5. The number of methoxy groups -OCH3 is 1. The first kappa shape index (κ1) is 12.8. The molecule has 1 aliphatic carbocycles. The molecule has 4 heteroatoms. The van der Waals surface area contributed by atoms with Gasteiger partial charge in [-0.1, -0.05) is 0 Å². The van der Waals surface area contributed by atoms with E-state index in [1.54, 1.807) is 7.11 Å². The zero-order valence-corrected chi connectivity index (χ0v) is 10.6. The average Bonchev–Trinajstić information content (AvgIpc) is 2.82. The molecule has 1 saturated heterocycles. The predicted molar refractivity (Wildman–Crippen MR) is 64.7 cm³/mol. The SMILES string of the molecule is COC1CCCC(OC(=O)CC2CCNC2)C1. The number of nitrogens with one attached hydrogen (secondary N) is 1. The lowest BCUT2D eigenvalue weighted by Crippen LogP contribution is -2.30. The van der Waals surface area contributed by atoms with Gasteiger partial charge in [0.15, 0.2) is 0 Å². The van der Waals surface area contributed by atoms with Gasteiger partial charge in [0.05, 0.1) is 6.10 Å². The Labute approximate surface area is 103 Å². The van der Waals surface area contributed by atoms with Crippen LogP contribution in [0, 0.1) is 5.92 Å². The first-order valence-corrected chi connectivity index (χ1v) is 6.71. The van der Waals surface area contributed by atoms with E-state index in [1.165, 1.54) is 0 Å². The van der Waals surface area contributed by atoms with Gasteiger partial charge in [0.1, 0.15) is 6.10 Å². The number of carbonyl (C=O) groups is 1. The summed E-state index contributed by atoms with van der Waals surface area (Å²) in [6.07, 6.45) is 6.07. The highest BCUT2D eigenvalue weighted by molar-refractivity contribution is 5.70. The zero-order chi connectivity index (χ0) is 12.1. The monoisotopic (exact) mass is 241 g/mol. The largest absolute Gasteiger partial charge is 0.462 e. The smallest absolute Gasteiger partial charge is 0.306 e. The normalized spacial score (nSPS) is 33.6. The van der Waals surface area contributed by atoms with Crippen LogP contribution in [0.15, 0.2) is 0 Å². The van der Waals surface area contributed by atoms with Gasteiger partial charge in [-0.05, 0) is 44.7 Å². The highest BCUT2D eigenvalue weighted by Crippen LogP contribution is 2.24. The summed E-state index contributed by atoms with van der Waals surface area (Å²) in [5, 5.41) is 3.27. The Bertz CT molecular complexity index is 251. The minimum absolute atomic E-state index is 0.0274. The van der Waals surface area contributed by atoms with Crippen LogP contribution < -0.4 is 5.32 Å². The van der Waals surface area contributed by atoms with E-state index in [1.807, 2.05) is 0 Å². The Morgan fingerprint density at radius 1 is 1.29 bits per heavy atom. The topological polar surface area (TPSA) is 47.6 Å². The molecule has 98 valence electrons. The maximum Gasteiger partial charge on any atom is 0.306 e. The number of hydrogen-bond acceptors (Lipinski definition) is 4. The number of hydrogen-bond donors (Lipinski definition) is 1. The molecule has 2 rings (SSSR count). The Kier molecular flexibility index (Phi) is 4.80. The number of carbonyl (C=O) groups excluding carboxylic acids is 1. The van der Waals surface area contributed by atoms with Crippen LogP contribution in [-0.4, -0.2) is 38.4 Å². The standard InChI is InChI=1S/C13H23NO3/c1-16-11-3-2-4-12(8-11)17-13(15)7-10-5-6-14-9-10/h10-12,14H,2-9H2,1H3. The molecule has 0 bridgehead atoms. The van der Waals surface area contributed by atoms with Gasteiger partial charge in [-0.2, -0.15) is 0 Å². The summed E-state index contributed by atoms with van der Waals surface area (Å²) >= 11 is 0. The molecule has 17 heavy (non-hydrogen) atoms. The minimum Gasteiger partial charge on any atom is -0.462 e. The van der Waals surface area contributed by atoms with Crippen molar-refractivity contribution in [1.82, 2.24) is 5.32 Å². The van der Waals surface area contributed by atoms with Crippen LogP contribution in [0.4, 0.5) is 0 Å². The molecule has 1 saturated carbocycles. The number of rotatable bonds is 4. The molecule has 0 aromatic rings. The molecular weight excluding hydrogens is 218 g/mol. The maximum atomic E-state index is 11.8. The van der Waals surface area contributed by atoms with E-state index in [0.29, 0.717) is 12.3 Å². The van der Waals surface area contributed by atoms with E-state index in [-0.39, 0.29) is 18.2 Å². The van der Waals surface area contributed by atoms with E-state index in [9.17, 15) is 4.79 Å². The summed E-state index contributed by atoms with van der Waals surface area (Å²) in [6, 6.07) is 0. The summed E-state index contributed by atoms with van der Waals surface area (Å²) in [6.45, 7) is 1.99. The van der Waals surface area contributed by atoms with Gasteiger partial charge in [0.25, 0.3) is 0 Å². The molecule has 0 amide bonds. The van der Waals surface area contributed by atoms with Crippen molar-refractivity contribution in [3.63, 3.8) is 0 Å². The molecule has 0 spiro atoms. The molecule has 4 nitrogen and oxygen atoms in total. The average molecular weight is 241 g/mol. The first-order valence-electron chi connectivity index (χ1n) is 6.71. The predicted octanol–water partition coefficient (Wildman–Crippen LogP) is 1.49. The van der Waals surface area contributed by atoms with Crippen LogP contribution in [-0.2, 0) is 14.3 Å². The van der Waals surface area contributed by atoms with Crippen LogP contribution in [0.1, 0.15) is 38.5 Å². The first-order chi connectivity index (χ1) is 8.28. The van der Waals surface area contributed by atoms with Gasteiger partial charge >= 0.3 is 5.97 Å². The van der Waals surface area contributed by atoms with Gasteiger partial charge in [0.2, 0.25) is 0 Å². The maximum absolute atomic E-state index is 11.8. The fourth-order valence-corrected chi connectivity index (χ4v) is 2.78. The second kappa shape index (κ2) is 6.36. The Balaban J connectivity index is 1.70. The van der Waals surface area contributed by atoms with Crippen molar-refractivity contribution in [1.29, 1.82) is 0 Å². The molecule has 1 aliphatic heterocycles. The molecule has 0 radical (unpaired) electrons. The van der Waals surface area contributed by atoms with Gasteiger partial charge in [0, 0.05) is 20.0 Å². The van der Waals surface area contributed by atoms with Crippen LogP contribution in [0.2, 0.25) is 0 Å². The number of ether oxygens (including phenoxy) is 2. The second-order valence-corrected chi connectivity index (χ2v) is 5.20. The third-order valence-corrected chi connectivity index (χ3v) is 3.83. The molecule has 1 N–H and O–H groups in total. The lowest BCUT2D eigenvalue weighted by molar-refractivity contribution is -0.153. The summed E-state index contributed by atoms with van der Waals surface area (Å²) in [5.74, 6) is 0.449. The fourth-order valence-electron chi connectivity index (χ4n) is 2.78. The lowest BCUT2D eigenvalue weighted by atomic mass is 9.95. The third-order valence-electron chi connectivity index (χ3n) is 3.83. The highest BCUT2D eigenvalue weighted by Gasteiger charge is 2.26. The Morgan fingerprint density at radius 3 is 2.82 bits per heavy atom. The Morgan fingerprint density at radius 2 is 2.12 bits per heavy atom. The van der Waals surface area contributed by atoms with Crippen LogP contribution >= 0.6 is 0 Å². The van der Waals surface area contributed by atoms with Crippen molar-refractivity contribution in [3.05, 3.63) is 0 Å². The molecule has 2 aliphatic rings. The van der Waals surface area contributed by atoms with E-state index < -0.39 is 0 Å². The van der Waals surface area contributed by atoms with E-state index >= 15 is 0 Å². The zero-order valence-electron chi connectivity index (χ0n) is 10.6. The van der Waals surface area contributed by atoms with Gasteiger partial charge in [-0.3, -0.25) is 4.79 Å². The van der Waals surface area contributed by atoms with Crippen molar-refractivity contribution in [2.75, 3.05) is 20.2 Å². The van der Waals surface area contributed by atoms with Gasteiger partial charge < -0.3 is 14.8 Å². The van der Waals surface area contributed by atoms with Crippen molar-refractivity contribution in [2.45, 2.75) is 50.7 Å². The molecule has 3 unspecified atom stereocenters. The quantitative estimate of drug-likeness (QED) is 0.757. The Hall–Kier alpha value is -0.610. The lowest BCUT2D eigenvalue weighted by Gasteiger charge is -2.28. The molecule has 2 fully saturated rings. The van der Waals surface area contributed by atoms with E-state index in [4.69, 9.17) is 9.47 Å². The van der Waals surface area contributed by atoms with E-state index in [0.717, 1.165) is 45.2 Å². The van der Waals surface area contributed by atoms with Gasteiger partial charge in [-0.25, -0.2) is 0 Å². The summed E-state index contributed by atoms with van der Waals surface area (Å²) < 4.78 is 10.9. The van der Waals surface area contributed by atoms with Gasteiger partial charge in [-0.15, -0.1) is 0 Å². The van der Waals surface area contributed by atoms with E-state index in [2.05, 4.69) is 5.32 Å². The van der Waals surface area contributed by atoms with Crippen molar-refractivity contribution in [3.8, 4) is 0 Å². The molecule has 0 aromatic heterocycles. The third kappa shape index (κ3) is 3.96. The molecule has 3 atom stereocenters. The summed E-state index contributed by atoms with van der Waals surface area (Å²) in [7, 11) is 1.74. The summed E-state index contributed by atoms with van der Waals surface area (Å²) in [5.41, 5.74) is 0.